The molecule has 0 spiro atoms. The zero-order chi connectivity index (χ0) is 19.2. The lowest BCUT2D eigenvalue weighted by Crippen LogP contribution is -2.34. The molecule has 142 valence electrons. The molecule has 0 radical (unpaired) electrons. The summed E-state index contributed by atoms with van der Waals surface area (Å²) < 4.78 is 16.1. The second-order valence-corrected chi connectivity index (χ2v) is 6.30. The van der Waals surface area contributed by atoms with E-state index in [0.717, 1.165) is 12.8 Å². The summed E-state index contributed by atoms with van der Waals surface area (Å²) in [6, 6.07) is 13.9. The Hall–Kier alpha value is -3.02. The van der Waals surface area contributed by atoms with Gasteiger partial charge in [-0.2, -0.15) is 0 Å². The van der Waals surface area contributed by atoms with Gasteiger partial charge in [-0.05, 0) is 31.0 Å². The third kappa shape index (κ3) is 4.22. The van der Waals surface area contributed by atoms with E-state index in [-0.39, 0.29) is 5.91 Å². The van der Waals surface area contributed by atoms with E-state index in [2.05, 4.69) is 0 Å². The van der Waals surface area contributed by atoms with E-state index in [1.54, 1.807) is 35.2 Å². The number of carbonyl (C=O) groups is 2. The smallest absolute Gasteiger partial charge is 0.339 e. The number of methoxy groups -OCH3 is 2. The number of benzene rings is 2. The molecule has 0 aliphatic carbocycles. The molecule has 27 heavy (non-hydrogen) atoms. The van der Waals surface area contributed by atoms with Gasteiger partial charge in [0.25, 0.3) is 5.91 Å². The molecule has 6 nitrogen and oxygen atoms in total. The van der Waals surface area contributed by atoms with Crippen LogP contribution in [0.5, 0.6) is 11.5 Å². The number of rotatable bonds is 6. The minimum atomic E-state index is -0.968. The molecule has 0 unspecified atom stereocenters. The van der Waals surface area contributed by atoms with Crippen molar-refractivity contribution in [1.82, 2.24) is 4.90 Å². The number of ether oxygens (including phenoxy) is 3. The largest absolute Gasteiger partial charge is 0.493 e. The molecule has 0 bridgehead atoms. The molecule has 1 aliphatic rings. The number of amides is 1. The normalized spacial score (nSPS) is 14.5. The summed E-state index contributed by atoms with van der Waals surface area (Å²) >= 11 is 0. The van der Waals surface area contributed by atoms with Crippen LogP contribution < -0.4 is 9.47 Å². The maximum absolute atomic E-state index is 12.9. The molecule has 2 aromatic rings. The van der Waals surface area contributed by atoms with Crippen molar-refractivity contribution in [2.75, 3.05) is 27.3 Å². The molecule has 1 fully saturated rings. The van der Waals surface area contributed by atoms with Crippen molar-refractivity contribution in [2.45, 2.75) is 18.9 Å². The zero-order valence-corrected chi connectivity index (χ0v) is 15.5. The quantitative estimate of drug-likeness (QED) is 0.732. The number of hydrogen-bond acceptors (Lipinski definition) is 5. The molecule has 1 atom stereocenters. The Kier molecular flexibility index (Phi) is 5.96. The highest BCUT2D eigenvalue weighted by Gasteiger charge is 2.31. The number of likely N-dealkylation sites (tertiary alicyclic amines) is 1. The Morgan fingerprint density at radius 2 is 1.59 bits per heavy atom. The Morgan fingerprint density at radius 1 is 0.926 bits per heavy atom. The highest BCUT2D eigenvalue weighted by atomic mass is 16.5. The van der Waals surface area contributed by atoms with Crippen LogP contribution in [0.15, 0.2) is 48.5 Å². The SMILES string of the molecule is COc1ccc(C(=O)O[C@H](C(=O)N2CCCC2)c2ccccc2)cc1OC. The first kappa shape index (κ1) is 18.8. The van der Waals surface area contributed by atoms with Gasteiger partial charge < -0.3 is 19.1 Å². The van der Waals surface area contributed by atoms with Crippen LogP contribution in [-0.2, 0) is 9.53 Å². The molecule has 1 heterocycles. The van der Waals surface area contributed by atoms with Crippen molar-refractivity contribution >= 4 is 11.9 Å². The van der Waals surface area contributed by atoms with Crippen LogP contribution in [0, 0.1) is 0 Å². The predicted octanol–water partition coefficient (Wildman–Crippen LogP) is 3.22. The first-order chi connectivity index (χ1) is 13.1. The second kappa shape index (κ2) is 8.58. The molecule has 0 aromatic heterocycles. The van der Waals surface area contributed by atoms with E-state index < -0.39 is 12.1 Å². The highest BCUT2D eigenvalue weighted by molar-refractivity contribution is 5.93. The predicted molar refractivity (Wildman–Crippen MR) is 100.0 cm³/mol. The monoisotopic (exact) mass is 369 g/mol. The Bertz CT molecular complexity index is 799. The van der Waals surface area contributed by atoms with Crippen LogP contribution in [-0.4, -0.2) is 44.1 Å². The number of carbonyl (C=O) groups excluding carboxylic acids is 2. The molecule has 3 rings (SSSR count). The standard InChI is InChI=1S/C21H23NO5/c1-25-17-11-10-16(14-18(17)26-2)21(24)27-19(15-8-4-3-5-9-15)20(23)22-12-6-7-13-22/h3-5,8-11,14,19H,6-7,12-13H2,1-2H3/t19-/m0/s1. The Labute approximate surface area is 158 Å². The summed E-state index contributed by atoms with van der Waals surface area (Å²) in [6.07, 6.45) is 0.971. The van der Waals surface area contributed by atoms with Crippen molar-refractivity contribution in [3.05, 3.63) is 59.7 Å². The van der Waals surface area contributed by atoms with Crippen molar-refractivity contribution in [1.29, 1.82) is 0 Å². The molecule has 1 saturated heterocycles. The van der Waals surface area contributed by atoms with E-state index in [0.29, 0.717) is 35.7 Å². The van der Waals surface area contributed by atoms with Gasteiger partial charge in [0.15, 0.2) is 11.5 Å². The fourth-order valence-corrected chi connectivity index (χ4v) is 3.13. The molecule has 1 aliphatic heterocycles. The molecular weight excluding hydrogens is 346 g/mol. The molecule has 6 heteroatoms. The van der Waals surface area contributed by atoms with Gasteiger partial charge in [-0.1, -0.05) is 30.3 Å². The van der Waals surface area contributed by atoms with E-state index in [4.69, 9.17) is 14.2 Å². The Morgan fingerprint density at radius 3 is 2.22 bits per heavy atom. The molecule has 0 N–H and O–H groups in total. The van der Waals surface area contributed by atoms with E-state index in [1.807, 2.05) is 18.2 Å². The van der Waals surface area contributed by atoms with Gasteiger partial charge in [-0.15, -0.1) is 0 Å². The van der Waals surface area contributed by atoms with Gasteiger partial charge >= 0.3 is 5.97 Å². The third-order valence-electron chi connectivity index (χ3n) is 4.59. The van der Waals surface area contributed by atoms with Crippen LogP contribution >= 0.6 is 0 Å². The lowest BCUT2D eigenvalue weighted by atomic mass is 10.1. The maximum atomic E-state index is 12.9. The van der Waals surface area contributed by atoms with Crippen LogP contribution in [0.3, 0.4) is 0 Å². The first-order valence-corrected chi connectivity index (χ1v) is 8.90. The Balaban J connectivity index is 1.85. The van der Waals surface area contributed by atoms with Gasteiger partial charge in [0, 0.05) is 18.7 Å². The lowest BCUT2D eigenvalue weighted by molar-refractivity contribution is -0.140. The minimum Gasteiger partial charge on any atom is -0.493 e. The first-order valence-electron chi connectivity index (χ1n) is 8.90. The van der Waals surface area contributed by atoms with Crippen LogP contribution in [0.25, 0.3) is 0 Å². The van der Waals surface area contributed by atoms with Crippen molar-refractivity contribution < 1.29 is 23.8 Å². The summed E-state index contributed by atoms with van der Waals surface area (Å²) in [7, 11) is 3.02. The van der Waals surface area contributed by atoms with Crippen LogP contribution in [0.4, 0.5) is 0 Å². The average Bonchev–Trinajstić information content (AvgIpc) is 3.26. The summed E-state index contributed by atoms with van der Waals surface area (Å²) in [5, 5.41) is 0. The van der Waals surface area contributed by atoms with Gasteiger partial charge in [0.1, 0.15) is 0 Å². The van der Waals surface area contributed by atoms with Crippen molar-refractivity contribution in [2.24, 2.45) is 0 Å². The van der Waals surface area contributed by atoms with E-state index in [9.17, 15) is 9.59 Å². The van der Waals surface area contributed by atoms with Gasteiger partial charge in [0.2, 0.25) is 6.10 Å². The molecular formula is C21H23NO5. The van der Waals surface area contributed by atoms with E-state index >= 15 is 0 Å². The van der Waals surface area contributed by atoms with Crippen molar-refractivity contribution in [3.8, 4) is 11.5 Å². The molecule has 1 amide bonds. The fraction of sp³-hybridized carbons (Fsp3) is 0.333. The number of hydrogen-bond donors (Lipinski definition) is 0. The zero-order valence-electron chi connectivity index (χ0n) is 15.5. The summed E-state index contributed by atoms with van der Waals surface area (Å²) in [4.78, 5) is 27.4. The summed E-state index contributed by atoms with van der Waals surface area (Å²) in [5.74, 6) is 0.167. The number of nitrogens with zero attached hydrogens (tertiary/aromatic N) is 1. The average molecular weight is 369 g/mol. The minimum absolute atomic E-state index is 0.187. The summed E-state index contributed by atoms with van der Waals surface area (Å²) in [5.41, 5.74) is 0.950. The van der Waals surface area contributed by atoms with Gasteiger partial charge in [-0.25, -0.2) is 4.79 Å². The van der Waals surface area contributed by atoms with Gasteiger partial charge in [-0.3, -0.25) is 4.79 Å². The summed E-state index contributed by atoms with van der Waals surface area (Å²) in [6.45, 7) is 1.38. The van der Waals surface area contributed by atoms with Crippen molar-refractivity contribution in [3.63, 3.8) is 0 Å². The van der Waals surface area contributed by atoms with Crippen LogP contribution in [0.1, 0.15) is 34.9 Å². The lowest BCUT2D eigenvalue weighted by Gasteiger charge is -2.23. The maximum Gasteiger partial charge on any atom is 0.339 e. The fourth-order valence-electron chi connectivity index (χ4n) is 3.13. The topological polar surface area (TPSA) is 65.1 Å². The second-order valence-electron chi connectivity index (χ2n) is 6.30. The van der Waals surface area contributed by atoms with Crippen LogP contribution in [0.2, 0.25) is 0 Å². The molecule has 2 aromatic carbocycles. The van der Waals surface area contributed by atoms with Gasteiger partial charge in [0.05, 0.1) is 19.8 Å². The molecule has 0 saturated carbocycles. The van der Waals surface area contributed by atoms with E-state index in [1.165, 1.54) is 14.2 Å². The number of esters is 1. The third-order valence-corrected chi connectivity index (χ3v) is 4.59. The highest BCUT2D eigenvalue weighted by Crippen LogP contribution is 2.29.